The molecule has 0 bridgehead atoms. The predicted molar refractivity (Wildman–Crippen MR) is 96.3 cm³/mol. The predicted octanol–water partition coefficient (Wildman–Crippen LogP) is 3.73. The van der Waals surface area contributed by atoms with Gasteiger partial charge in [0.1, 0.15) is 17.0 Å². The van der Waals surface area contributed by atoms with Crippen LogP contribution >= 0.6 is 0 Å². The Hall–Kier alpha value is -2.64. The Kier molecular flexibility index (Phi) is 7.11. The van der Waals surface area contributed by atoms with Crippen LogP contribution in [0.3, 0.4) is 0 Å². The van der Waals surface area contributed by atoms with Crippen LogP contribution in [0.2, 0.25) is 0 Å². The zero-order valence-electron chi connectivity index (χ0n) is 16.0. The average molecular weight is 367 g/mol. The highest BCUT2D eigenvalue weighted by Gasteiger charge is 2.21. The summed E-state index contributed by atoms with van der Waals surface area (Å²) in [6.07, 6.45) is -1.57. The molecule has 0 radical (unpaired) electrons. The van der Waals surface area contributed by atoms with Crippen LogP contribution in [0.25, 0.3) is 0 Å². The number of guanidine groups is 1. The molecule has 1 aromatic carbocycles. The maximum atomic E-state index is 13.3. The van der Waals surface area contributed by atoms with Crippen LogP contribution in [0.1, 0.15) is 47.1 Å². The summed E-state index contributed by atoms with van der Waals surface area (Å²) in [7, 11) is 0. The van der Waals surface area contributed by atoms with Gasteiger partial charge in [-0.05, 0) is 59.2 Å². The monoisotopic (exact) mass is 367 g/mol. The second-order valence-corrected chi connectivity index (χ2v) is 7.55. The second kappa shape index (κ2) is 8.64. The molecule has 1 aromatic rings. The smallest absolute Gasteiger partial charge is 0.414 e. The number of carbonyl (C=O) groups excluding carboxylic acids is 2. The van der Waals surface area contributed by atoms with E-state index in [1.807, 2.05) is 0 Å². The minimum absolute atomic E-state index is 0.0404. The molecule has 0 heterocycles. The average Bonchev–Trinajstić information content (AvgIpc) is 2.40. The van der Waals surface area contributed by atoms with E-state index in [9.17, 15) is 14.0 Å². The number of benzene rings is 1. The van der Waals surface area contributed by atoms with Gasteiger partial charge in [0.25, 0.3) is 0 Å². The molecule has 144 valence electrons. The molecule has 8 heteroatoms. The van der Waals surface area contributed by atoms with Crippen molar-refractivity contribution >= 4 is 18.1 Å². The first-order chi connectivity index (χ1) is 11.8. The van der Waals surface area contributed by atoms with Gasteiger partial charge in [-0.1, -0.05) is 12.1 Å². The van der Waals surface area contributed by atoms with E-state index in [1.165, 1.54) is 12.1 Å². The summed E-state index contributed by atoms with van der Waals surface area (Å²) < 4.78 is 23.5. The molecular weight excluding hydrogens is 341 g/mol. The standard InChI is InChI=1S/C18H26FN3O4/c1-17(2,3)25-15(23)21-14(22-16(24)26-18(4,5)6)20-11-12-8-7-9-13(19)10-12/h7-10H,11H2,1-6H3,(H2,20,21,22,23,24). The van der Waals surface area contributed by atoms with Gasteiger partial charge in [-0.2, -0.15) is 0 Å². The van der Waals surface area contributed by atoms with Crippen molar-refractivity contribution in [1.29, 1.82) is 0 Å². The number of halogens is 1. The Morgan fingerprint density at radius 2 is 1.50 bits per heavy atom. The lowest BCUT2D eigenvalue weighted by atomic mass is 10.2. The van der Waals surface area contributed by atoms with E-state index in [1.54, 1.807) is 53.7 Å². The number of nitrogens with zero attached hydrogens (tertiary/aromatic N) is 1. The van der Waals surface area contributed by atoms with Crippen molar-refractivity contribution in [1.82, 2.24) is 10.6 Å². The Balaban J connectivity index is 2.87. The molecule has 0 aliphatic rings. The van der Waals surface area contributed by atoms with E-state index in [0.29, 0.717) is 5.56 Å². The molecule has 0 aromatic heterocycles. The third-order valence-corrected chi connectivity index (χ3v) is 2.55. The third kappa shape index (κ3) is 9.61. The van der Waals surface area contributed by atoms with Crippen molar-refractivity contribution in [2.24, 2.45) is 4.99 Å². The zero-order valence-corrected chi connectivity index (χ0v) is 16.0. The van der Waals surface area contributed by atoms with Gasteiger partial charge >= 0.3 is 12.2 Å². The van der Waals surface area contributed by atoms with Gasteiger partial charge in [0.15, 0.2) is 0 Å². The molecule has 0 unspecified atom stereocenters. The van der Waals surface area contributed by atoms with Crippen LogP contribution in [0.15, 0.2) is 29.3 Å². The summed E-state index contributed by atoms with van der Waals surface area (Å²) in [5, 5.41) is 4.72. The van der Waals surface area contributed by atoms with Gasteiger partial charge in [0, 0.05) is 0 Å². The molecular formula is C18H26FN3O4. The van der Waals surface area contributed by atoms with E-state index < -0.39 is 29.2 Å². The van der Waals surface area contributed by atoms with Crippen LogP contribution < -0.4 is 10.6 Å². The van der Waals surface area contributed by atoms with Gasteiger partial charge < -0.3 is 9.47 Å². The summed E-state index contributed by atoms with van der Waals surface area (Å²) in [6.45, 7) is 10.3. The van der Waals surface area contributed by atoms with Crippen LogP contribution in [-0.2, 0) is 16.0 Å². The van der Waals surface area contributed by atoms with Crippen LogP contribution in [0.5, 0.6) is 0 Å². The van der Waals surface area contributed by atoms with Crippen LogP contribution in [-0.4, -0.2) is 29.3 Å². The molecule has 0 fully saturated rings. The molecule has 0 aliphatic heterocycles. The molecule has 26 heavy (non-hydrogen) atoms. The first-order valence-corrected chi connectivity index (χ1v) is 8.13. The van der Waals surface area contributed by atoms with E-state index >= 15 is 0 Å². The highest BCUT2D eigenvalue weighted by atomic mass is 19.1. The van der Waals surface area contributed by atoms with E-state index in [0.717, 1.165) is 0 Å². The number of rotatable bonds is 2. The molecule has 1 rings (SSSR count). The number of alkyl carbamates (subject to hydrolysis) is 2. The normalized spacial score (nSPS) is 11.3. The summed E-state index contributed by atoms with van der Waals surface area (Å²) >= 11 is 0. The zero-order chi connectivity index (χ0) is 20.0. The van der Waals surface area contributed by atoms with Crippen molar-refractivity contribution in [2.45, 2.75) is 59.3 Å². The fraction of sp³-hybridized carbons (Fsp3) is 0.500. The largest absolute Gasteiger partial charge is 0.444 e. The highest BCUT2D eigenvalue weighted by molar-refractivity contribution is 6.01. The Labute approximate surface area is 153 Å². The molecule has 7 nitrogen and oxygen atoms in total. The van der Waals surface area contributed by atoms with Crippen LogP contribution in [0.4, 0.5) is 14.0 Å². The lowest BCUT2D eigenvalue weighted by Crippen LogP contribution is -2.47. The quantitative estimate of drug-likeness (QED) is 0.616. The summed E-state index contributed by atoms with van der Waals surface area (Å²) in [4.78, 5) is 28.0. The van der Waals surface area contributed by atoms with Crippen molar-refractivity contribution < 1.29 is 23.5 Å². The SMILES string of the molecule is CC(C)(C)OC(=O)NC(=NCc1cccc(F)c1)NC(=O)OC(C)(C)C. The van der Waals surface area contributed by atoms with Crippen molar-refractivity contribution in [3.63, 3.8) is 0 Å². The first-order valence-electron chi connectivity index (χ1n) is 8.13. The van der Waals surface area contributed by atoms with Gasteiger partial charge in [-0.25, -0.2) is 19.0 Å². The second-order valence-electron chi connectivity index (χ2n) is 7.55. The maximum Gasteiger partial charge on any atom is 0.414 e. The number of carbonyl (C=O) groups is 2. The fourth-order valence-electron chi connectivity index (χ4n) is 1.72. The minimum atomic E-state index is -0.786. The summed E-state index contributed by atoms with van der Waals surface area (Å²) in [5.74, 6) is -0.558. The Bertz CT molecular complexity index is 644. The molecule has 0 saturated carbocycles. The van der Waals surface area contributed by atoms with Crippen LogP contribution in [0, 0.1) is 5.82 Å². The highest BCUT2D eigenvalue weighted by Crippen LogP contribution is 2.08. The minimum Gasteiger partial charge on any atom is -0.444 e. The van der Waals surface area contributed by atoms with E-state index in [2.05, 4.69) is 15.6 Å². The first kappa shape index (κ1) is 21.4. The lowest BCUT2D eigenvalue weighted by molar-refractivity contribution is 0.0545. The van der Waals surface area contributed by atoms with Crippen molar-refractivity contribution in [3.8, 4) is 0 Å². The number of hydrogen-bond donors (Lipinski definition) is 2. The van der Waals surface area contributed by atoms with Crippen molar-refractivity contribution in [3.05, 3.63) is 35.6 Å². The topological polar surface area (TPSA) is 89.0 Å². The fourth-order valence-corrected chi connectivity index (χ4v) is 1.72. The number of hydrogen-bond acceptors (Lipinski definition) is 5. The molecule has 2 amide bonds. The maximum absolute atomic E-state index is 13.3. The molecule has 2 N–H and O–H groups in total. The summed E-state index contributed by atoms with van der Waals surface area (Å²) in [6, 6.07) is 5.84. The van der Waals surface area contributed by atoms with Gasteiger partial charge in [0.2, 0.25) is 5.96 Å². The Morgan fingerprint density at radius 3 is 1.92 bits per heavy atom. The third-order valence-electron chi connectivity index (χ3n) is 2.55. The molecule has 0 atom stereocenters. The molecule has 0 saturated heterocycles. The van der Waals surface area contributed by atoms with Gasteiger partial charge in [-0.15, -0.1) is 0 Å². The van der Waals surface area contributed by atoms with E-state index in [-0.39, 0.29) is 12.5 Å². The molecule has 0 spiro atoms. The summed E-state index contributed by atoms with van der Waals surface area (Å²) in [5.41, 5.74) is -0.868. The molecule has 0 aliphatic carbocycles. The van der Waals surface area contributed by atoms with E-state index in [4.69, 9.17) is 9.47 Å². The number of amides is 2. The Morgan fingerprint density at radius 1 is 1.00 bits per heavy atom. The van der Waals surface area contributed by atoms with Crippen molar-refractivity contribution in [2.75, 3.05) is 0 Å². The number of aliphatic imine (C=N–C) groups is 1. The lowest BCUT2D eigenvalue weighted by Gasteiger charge is -2.22. The number of nitrogens with one attached hydrogen (secondary N) is 2. The number of ether oxygens (including phenoxy) is 2. The van der Waals surface area contributed by atoms with Gasteiger partial charge in [-0.3, -0.25) is 10.6 Å². The van der Waals surface area contributed by atoms with Gasteiger partial charge in [0.05, 0.1) is 6.54 Å².